The lowest BCUT2D eigenvalue weighted by atomic mass is 10.1. The lowest BCUT2D eigenvalue weighted by Gasteiger charge is -2.16. The van der Waals surface area contributed by atoms with E-state index >= 15 is 0 Å². The lowest BCUT2D eigenvalue weighted by molar-refractivity contribution is 0.911. The second-order valence-corrected chi connectivity index (χ2v) is 6.81. The quantitative estimate of drug-likeness (QED) is 0.848. The summed E-state index contributed by atoms with van der Waals surface area (Å²) in [4.78, 5) is 1.35. The summed E-state index contributed by atoms with van der Waals surface area (Å²) in [7, 11) is 0. The summed E-state index contributed by atoms with van der Waals surface area (Å²) in [6.07, 6.45) is 3.79. The second kappa shape index (κ2) is 6.02. The molecule has 0 saturated carbocycles. The Morgan fingerprint density at radius 1 is 1.05 bits per heavy atom. The fourth-order valence-electron chi connectivity index (χ4n) is 2.82. The van der Waals surface area contributed by atoms with Gasteiger partial charge in [-0.2, -0.15) is 0 Å². The topological polar surface area (TPSA) is 26.0 Å². The first-order valence-corrected chi connectivity index (χ1v) is 8.19. The highest BCUT2D eigenvalue weighted by molar-refractivity contribution is 7.99. The summed E-state index contributed by atoms with van der Waals surface area (Å²) in [5, 5.41) is 0.343. The second-order valence-electron chi connectivity index (χ2n) is 5.54. The molecule has 1 nitrogen and oxygen atoms in total. The molecule has 0 aliphatic heterocycles. The Bertz CT molecular complexity index is 589. The molecule has 0 spiro atoms. The molecule has 0 fully saturated rings. The van der Waals surface area contributed by atoms with Crippen LogP contribution in [0.3, 0.4) is 0 Å². The Balaban J connectivity index is 1.79. The Morgan fingerprint density at radius 3 is 2.55 bits per heavy atom. The summed E-state index contributed by atoms with van der Waals surface area (Å²) in [6, 6.07) is 15.7. The SMILES string of the molecule is Cc1ccc(C(CN)Sc2ccc3c(c2)CCC3)cc1. The maximum absolute atomic E-state index is 5.98. The molecule has 2 heteroatoms. The van der Waals surface area contributed by atoms with Crippen LogP contribution < -0.4 is 5.73 Å². The van der Waals surface area contributed by atoms with Gasteiger partial charge in [0, 0.05) is 16.7 Å². The van der Waals surface area contributed by atoms with E-state index in [9.17, 15) is 0 Å². The van der Waals surface area contributed by atoms with Gasteiger partial charge in [0.25, 0.3) is 0 Å². The fraction of sp³-hybridized carbons (Fsp3) is 0.333. The molecule has 0 saturated heterocycles. The van der Waals surface area contributed by atoms with E-state index in [2.05, 4.69) is 49.4 Å². The zero-order chi connectivity index (χ0) is 13.9. The molecule has 1 unspecified atom stereocenters. The van der Waals surface area contributed by atoms with Crippen LogP contribution >= 0.6 is 11.8 Å². The Kier molecular flexibility index (Phi) is 4.13. The van der Waals surface area contributed by atoms with Crippen molar-refractivity contribution >= 4 is 11.8 Å². The number of aryl methyl sites for hydroxylation is 3. The monoisotopic (exact) mass is 283 g/mol. The van der Waals surface area contributed by atoms with E-state index in [4.69, 9.17) is 5.73 Å². The molecule has 2 N–H and O–H groups in total. The van der Waals surface area contributed by atoms with Gasteiger partial charge >= 0.3 is 0 Å². The van der Waals surface area contributed by atoms with Crippen molar-refractivity contribution in [1.82, 2.24) is 0 Å². The van der Waals surface area contributed by atoms with E-state index in [1.54, 1.807) is 0 Å². The lowest BCUT2D eigenvalue weighted by Crippen LogP contribution is -2.09. The molecule has 1 aliphatic carbocycles. The van der Waals surface area contributed by atoms with Crippen molar-refractivity contribution in [3.05, 3.63) is 64.7 Å². The van der Waals surface area contributed by atoms with Crippen molar-refractivity contribution < 1.29 is 0 Å². The molecule has 0 heterocycles. The summed E-state index contributed by atoms with van der Waals surface area (Å²) in [5.74, 6) is 0. The average Bonchev–Trinajstić information content (AvgIpc) is 2.93. The van der Waals surface area contributed by atoms with Crippen molar-refractivity contribution in [3.63, 3.8) is 0 Å². The van der Waals surface area contributed by atoms with Crippen LogP contribution in [-0.2, 0) is 12.8 Å². The van der Waals surface area contributed by atoms with Crippen LogP contribution in [0.5, 0.6) is 0 Å². The summed E-state index contributed by atoms with van der Waals surface area (Å²) >= 11 is 1.89. The molecule has 2 aromatic carbocycles. The fourth-order valence-corrected chi connectivity index (χ4v) is 3.89. The zero-order valence-electron chi connectivity index (χ0n) is 11.9. The smallest absolute Gasteiger partial charge is 0.0466 e. The largest absolute Gasteiger partial charge is 0.329 e. The van der Waals surface area contributed by atoms with Gasteiger partial charge in [-0.1, -0.05) is 35.9 Å². The number of fused-ring (bicyclic) bond motifs is 1. The van der Waals surface area contributed by atoms with Gasteiger partial charge in [0.15, 0.2) is 0 Å². The van der Waals surface area contributed by atoms with Crippen molar-refractivity contribution in [3.8, 4) is 0 Å². The molecule has 2 aromatic rings. The number of rotatable bonds is 4. The van der Waals surface area contributed by atoms with Crippen molar-refractivity contribution in [2.75, 3.05) is 6.54 Å². The Labute approximate surface area is 125 Å². The van der Waals surface area contributed by atoms with Gasteiger partial charge in [-0.15, -0.1) is 11.8 Å². The van der Waals surface area contributed by atoms with Crippen LogP contribution in [0.2, 0.25) is 0 Å². The van der Waals surface area contributed by atoms with Gasteiger partial charge in [0.05, 0.1) is 0 Å². The molecule has 0 amide bonds. The number of thioether (sulfide) groups is 1. The summed E-state index contributed by atoms with van der Waals surface area (Å²) in [5.41, 5.74) is 11.7. The molecule has 0 radical (unpaired) electrons. The third kappa shape index (κ3) is 2.92. The first-order valence-electron chi connectivity index (χ1n) is 7.31. The highest BCUT2D eigenvalue weighted by Gasteiger charge is 2.15. The number of nitrogens with two attached hydrogens (primary N) is 1. The molecule has 104 valence electrons. The van der Waals surface area contributed by atoms with Crippen LogP contribution in [0.15, 0.2) is 47.4 Å². The molecule has 0 aromatic heterocycles. The molecule has 1 atom stereocenters. The highest BCUT2D eigenvalue weighted by Crippen LogP contribution is 2.36. The predicted molar refractivity (Wildman–Crippen MR) is 87.3 cm³/mol. The molecule has 1 aliphatic rings. The molecule has 3 rings (SSSR count). The maximum Gasteiger partial charge on any atom is 0.0466 e. The van der Waals surface area contributed by atoms with Gasteiger partial charge in [-0.05, 0) is 55.0 Å². The van der Waals surface area contributed by atoms with E-state index in [0.717, 1.165) is 0 Å². The minimum atomic E-state index is 0.343. The van der Waals surface area contributed by atoms with Gasteiger partial charge in [0.2, 0.25) is 0 Å². The van der Waals surface area contributed by atoms with Crippen LogP contribution in [-0.4, -0.2) is 6.54 Å². The predicted octanol–water partition coefficient (Wildman–Crippen LogP) is 4.28. The Hall–Kier alpha value is -1.25. The number of hydrogen-bond donors (Lipinski definition) is 1. The molecular weight excluding hydrogens is 262 g/mol. The number of benzene rings is 2. The maximum atomic E-state index is 5.98. The van der Waals surface area contributed by atoms with E-state index in [0.29, 0.717) is 11.8 Å². The van der Waals surface area contributed by atoms with Crippen LogP contribution in [0.25, 0.3) is 0 Å². The Morgan fingerprint density at radius 2 is 1.80 bits per heavy atom. The van der Waals surface area contributed by atoms with Gasteiger partial charge < -0.3 is 5.73 Å². The molecular formula is C18H21NS. The zero-order valence-corrected chi connectivity index (χ0v) is 12.7. The minimum absolute atomic E-state index is 0.343. The number of hydrogen-bond acceptors (Lipinski definition) is 2. The van der Waals surface area contributed by atoms with Crippen molar-refractivity contribution in [1.29, 1.82) is 0 Å². The van der Waals surface area contributed by atoms with E-state index in [-0.39, 0.29) is 0 Å². The minimum Gasteiger partial charge on any atom is -0.329 e. The first kappa shape index (κ1) is 13.7. The van der Waals surface area contributed by atoms with Crippen molar-refractivity contribution in [2.45, 2.75) is 36.3 Å². The van der Waals surface area contributed by atoms with Crippen LogP contribution in [0.1, 0.15) is 33.9 Å². The highest BCUT2D eigenvalue weighted by atomic mass is 32.2. The van der Waals surface area contributed by atoms with E-state index in [1.165, 1.54) is 46.4 Å². The van der Waals surface area contributed by atoms with Gasteiger partial charge in [-0.3, -0.25) is 0 Å². The van der Waals surface area contributed by atoms with Gasteiger partial charge in [-0.25, -0.2) is 0 Å². The van der Waals surface area contributed by atoms with E-state index < -0.39 is 0 Å². The van der Waals surface area contributed by atoms with E-state index in [1.807, 2.05) is 11.8 Å². The summed E-state index contributed by atoms with van der Waals surface area (Å²) in [6.45, 7) is 2.79. The van der Waals surface area contributed by atoms with Crippen LogP contribution in [0.4, 0.5) is 0 Å². The van der Waals surface area contributed by atoms with Gasteiger partial charge in [0.1, 0.15) is 0 Å². The normalized spacial score (nSPS) is 15.1. The third-order valence-electron chi connectivity index (χ3n) is 4.01. The van der Waals surface area contributed by atoms with Crippen LogP contribution in [0, 0.1) is 6.92 Å². The van der Waals surface area contributed by atoms with Crippen molar-refractivity contribution in [2.24, 2.45) is 5.73 Å². The molecule has 0 bridgehead atoms. The standard InChI is InChI=1S/C18H21NS/c1-13-5-7-15(8-6-13)18(12-19)20-17-10-9-14-3-2-4-16(14)11-17/h5-11,18H,2-4,12,19H2,1H3. The molecule has 20 heavy (non-hydrogen) atoms. The first-order chi connectivity index (χ1) is 9.76. The third-order valence-corrected chi connectivity index (χ3v) is 5.29. The average molecular weight is 283 g/mol. The summed E-state index contributed by atoms with van der Waals surface area (Å²) < 4.78 is 0.